The van der Waals surface area contributed by atoms with Crippen molar-refractivity contribution in [2.75, 3.05) is 0 Å². The number of fused-ring (bicyclic) bond motifs is 1. The van der Waals surface area contributed by atoms with Crippen LogP contribution < -0.4 is 5.32 Å². The van der Waals surface area contributed by atoms with E-state index in [2.05, 4.69) is 15.3 Å². The van der Waals surface area contributed by atoms with Crippen molar-refractivity contribution in [3.63, 3.8) is 0 Å². The number of halogens is 1. The van der Waals surface area contributed by atoms with Gasteiger partial charge >= 0.3 is 0 Å². The quantitative estimate of drug-likeness (QED) is 0.562. The van der Waals surface area contributed by atoms with E-state index in [1.807, 2.05) is 41.0 Å². The third kappa shape index (κ3) is 3.91. The lowest BCUT2D eigenvalue weighted by Gasteiger charge is -2.10. The zero-order valence-corrected chi connectivity index (χ0v) is 15.2. The SMILES string of the molecule is O=C(Cn1c(Cc2ccccc2F)nc2ccccc21)NCc1cccnc1. The van der Waals surface area contributed by atoms with E-state index in [1.165, 1.54) is 6.07 Å². The van der Waals surface area contributed by atoms with Gasteiger partial charge in [-0.3, -0.25) is 9.78 Å². The van der Waals surface area contributed by atoms with Gasteiger partial charge in [-0.2, -0.15) is 0 Å². The standard InChI is InChI=1S/C22H19FN4O/c23-18-8-2-1-7-17(18)12-21-26-19-9-3-4-10-20(19)27(21)15-22(28)25-14-16-6-5-11-24-13-16/h1-11,13H,12,14-15H2,(H,25,28). The fourth-order valence-corrected chi connectivity index (χ4v) is 3.15. The number of nitrogens with zero attached hydrogens (tertiary/aromatic N) is 3. The first-order chi connectivity index (χ1) is 13.7. The Balaban J connectivity index is 1.58. The fourth-order valence-electron chi connectivity index (χ4n) is 3.15. The minimum absolute atomic E-state index is 0.116. The molecule has 6 heteroatoms. The maximum atomic E-state index is 14.1. The van der Waals surface area contributed by atoms with Gasteiger partial charge in [-0.05, 0) is 35.4 Å². The highest BCUT2D eigenvalue weighted by Crippen LogP contribution is 2.19. The van der Waals surface area contributed by atoms with Gasteiger partial charge < -0.3 is 9.88 Å². The van der Waals surface area contributed by atoms with Gasteiger partial charge in [-0.25, -0.2) is 9.37 Å². The molecule has 0 atom stereocenters. The summed E-state index contributed by atoms with van der Waals surface area (Å²) in [5, 5.41) is 2.90. The predicted molar refractivity (Wildman–Crippen MR) is 105 cm³/mol. The molecular formula is C22H19FN4O. The number of carbonyl (C=O) groups excluding carboxylic acids is 1. The summed E-state index contributed by atoms with van der Waals surface area (Å²) in [7, 11) is 0. The van der Waals surface area contributed by atoms with Gasteiger partial charge in [-0.15, -0.1) is 0 Å². The Morgan fingerprint density at radius 2 is 1.86 bits per heavy atom. The fraction of sp³-hybridized carbons (Fsp3) is 0.136. The van der Waals surface area contributed by atoms with Crippen LogP contribution in [0.15, 0.2) is 73.1 Å². The lowest BCUT2D eigenvalue weighted by Crippen LogP contribution is -2.27. The third-order valence-corrected chi connectivity index (χ3v) is 4.55. The molecule has 4 aromatic rings. The van der Waals surface area contributed by atoms with Crippen molar-refractivity contribution in [2.45, 2.75) is 19.5 Å². The number of benzene rings is 2. The van der Waals surface area contributed by atoms with Crippen molar-refractivity contribution in [3.8, 4) is 0 Å². The molecule has 2 aromatic carbocycles. The summed E-state index contributed by atoms with van der Waals surface area (Å²) in [4.78, 5) is 21.2. The van der Waals surface area contributed by atoms with Crippen molar-refractivity contribution >= 4 is 16.9 Å². The van der Waals surface area contributed by atoms with E-state index in [1.54, 1.807) is 30.6 Å². The normalized spacial score (nSPS) is 10.9. The summed E-state index contributed by atoms with van der Waals surface area (Å²) in [5.74, 6) is 0.242. The Hall–Kier alpha value is -3.54. The number of hydrogen-bond acceptors (Lipinski definition) is 3. The van der Waals surface area contributed by atoms with Crippen molar-refractivity contribution in [3.05, 3.63) is 95.8 Å². The van der Waals surface area contributed by atoms with Gasteiger partial charge in [0, 0.05) is 25.4 Å². The van der Waals surface area contributed by atoms with Crippen molar-refractivity contribution in [2.24, 2.45) is 0 Å². The van der Waals surface area contributed by atoms with Crippen molar-refractivity contribution in [1.82, 2.24) is 19.9 Å². The average molecular weight is 374 g/mol. The van der Waals surface area contributed by atoms with Crippen LogP contribution in [-0.4, -0.2) is 20.4 Å². The molecule has 28 heavy (non-hydrogen) atoms. The lowest BCUT2D eigenvalue weighted by atomic mass is 10.1. The van der Waals surface area contributed by atoms with Crippen LogP contribution in [-0.2, 0) is 24.3 Å². The molecule has 4 rings (SSSR count). The Morgan fingerprint density at radius 3 is 2.68 bits per heavy atom. The number of rotatable bonds is 6. The molecule has 0 aliphatic rings. The number of imidazole rings is 1. The molecule has 5 nitrogen and oxygen atoms in total. The molecule has 0 aliphatic carbocycles. The van der Waals surface area contributed by atoms with E-state index in [0.29, 0.717) is 24.4 Å². The number of hydrogen-bond donors (Lipinski definition) is 1. The van der Waals surface area contributed by atoms with Crippen LogP contribution in [0.25, 0.3) is 11.0 Å². The summed E-state index contributed by atoms with van der Waals surface area (Å²) in [6.07, 6.45) is 3.73. The molecule has 0 saturated carbocycles. The highest BCUT2D eigenvalue weighted by molar-refractivity contribution is 5.81. The topological polar surface area (TPSA) is 59.8 Å². The Bertz CT molecular complexity index is 1110. The van der Waals surface area contributed by atoms with E-state index in [4.69, 9.17) is 0 Å². The summed E-state index contributed by atoms with van der Waals surface area (Å²) < 4.78 is 16.0. The molecule has 2 heterocycles. The number of amides is 1. The number of para-hydroxylation sites is 2. The first-order valence-corrected chi connectivity index (χ1v) is 9.04. The summed E-state index contributed by atoms with van der Waals surface area (Å²) >= 11 is 0. The number of aromatic nitrogens is 3. The molecule has 1 N–H and O–H groups in total. The maximum Gasteiger partial charge on any atom is 0.240 e. The first-order valence-electron chi connectivity index (χ1n) is 9.04. The minimum atomic E-state index is -0.276. The van der Waals surface area contributed by atoms with E-state index >= 15 is 0 Å². The van der Waals surface area contributed by atoms with Gasteiger partial charge in [0.05, 0.1) is 11.0 Å². The number of carbonyl (C=O) groups is 1. The molecule has 140 valence electrons. The third-order valence-electron chi connectivity index (χ3n) is 4.55. The first kappa shape index (κ1) is 17.9. The lowest BCUT2D eigenvalue weighted by molar-refractivity contribution is -0.121. The van der Waals surface area contributed by atoms with Gasteiger partial charge in [0.2, 0.25) is 5.91 Å². The summed E-state index contributed by atoms with van der Waals surface area (Å²) in [6.45, 7) is 0.520. The second-order valence-electron chi connectivity index (χ2n) is 6.51. The minimum Gasteiger partial charge on any atom is -0.350 e. The summed E-state index contributed by atoms with van der Waals surface area (Å²) in [5.41, 5.74) is 3.12. The Labute approximate surface area is 161 Å². The van der Waals surface area contributed by atoms with Gasteiger partial charge in [0.25, 0.3) is 0 Å². The van der Waals surface area contributed by atoms with Crippen molar-refractivity contribution < 1.29 is 9.18 Å². The van der Waals surface area contributed by atoms with E-state index in [0.717, 1.165) is 16.6 Å². The molecule has 0 aliphatic heterocycles. The van der Waals surface area contributed by atoms with E-state index in [-0.39, 0.29) is 18.3 Å². The Kier molecular flexibility index (Phi) is 5.10. The largest absolute Gasteiger partial charge is 0.350 e. The molecule has 0 saturated heterocycles. The van der Waals surface area contributed by atoms with Gasteiger partial charge in [-0.1, -0.05) is 36.4 Å². The van der Waals surface area contributed by atoms with Crippen LogP contribution in [0.5, 0.6) is 0 Å². The number of nitrogens with one attached hydrogen (secondary N) is 1. The van der Waals surface area contributed by atoms with Crippen LogP contribution in [0.1, 0.15) is 17.0 Å². The molecule has 0 unspecified atom stereocenters. The monoisotopic (exact) mass is 374 g/mol. The van der Waals surface area contributed by atoms with Gasteiger partial charge in [0.15, 0.2) is 0 Å². The molecule has 0 bridgehead atoms. The number of pyridine rings is 1. The highest BCUT2D eigenvalue weighted by atomic mass is 19.1. The molecule has 1 amide bonds. The van der Waals surface area contributed by atoms with Crippen LogP contribution >= 0.6 is 0 Å². The van der Waals surface area contributed by atoms with Crippen LogP contribution in [0.3, 0.4) is 0 Å². The average Bonchev–Trinajstić information content (AvgIpc) is 3.06. The highest BCUT2D eigenvalue weighted by Gasteiger charge is 2.15. The van der Waals surface area contributed by atoms with Crippen molar-refractivity contribution in [1.29, 1.82) is 0 Å². The van der Waals surface area contributed by atoms with Crippen LogP contribution in [0, 0.1) is 5.82 Å². The second-order valence-corrected chi connectivity index (χ2v) is 6.51. The van der Waals surface area contributed by atoms with E-state index in [9.17, 15) is 9.18 Å². The molecule has 0 spiro atoms. The Morgan fingerprint density at radius 1 is 1.04 bits per heavy atom. The molecule has 0 fully saturated rings. The molecule has 0 radical (unpaired) electrons. The molecular weight excluding hydrogens is 355 g/mol. The maximum absolute atomic E-state index is 14.1. The summed E-state index contributed by atoms with van der Waals surface area (Å²) in [6, 6.07) is 18.0. The predicted octanol–water partition coefficient (Wildman–Crippen LogP) is 3.48. The van der Waals surface area contributed by atoms with Gasteiger partial charge in [0.1, 0.15) is 18.2 Å². The zero-order valence-electron chi connectivity index (χ0n) is 15.2. The zero-order chi connectivity index (χ0) is 19.3. The van der Waals surface area contributed by atoms with E-state index < -0.39 is 0 Å². The van der Waals surface area contributed by atoms with Crippen LogP contribution in [0.2, 0.25) is 0 Å². The van der Waals surface area contributed by atoms with Crippen LogP contribution in [0.4, 0.5) is 4.39 Å². The second kappa shape index (κ2) is 8.00. The smallest absolute Gasteiger partial charge is 0.240 e. The molecule has 2 aromatic heterocycles.